The fourth-order valence-corrected chi connectivity index (χ4v) is 5.65. The van der Waals surface area contributed by atoms with Crippen molar-refractivity contribution in [1.29, 1.82) is 0 Å². The summed E-state index contributed by atoms with van der Waals surface area (Å²) in [6.45, 7) is 7.86. The van der Waals surface area contributed by atoms with Crippen LogP contribution in [0.4, 0.5) is 0 Å². The number of aliphatic hydroxyl groups is 3. The summed E-state index contributed by atoms with van der Waals surface area (Å²) in [6.07, 6.45) is -2.39. The van der Waals surface area contributed by atoms with Gasteiger partial charge >= 0.3 is 0 Å². The lowest BCUT2D eigenvalue weighted by molar-refractivity contribution is -0.205. The molecule has 3 aliphatic rings. The maximum Gasteiger partial charge on any atom is 0.240 e. The van der Waals surface area contributed by atoms with Crippen LogP contribution in [0.15, 0.2) is 0 Å². The highest BCUT2D eigenvalue weighted by atomic mass is 35.5. The number of hydrogen-bond donors (Lipinski definition) is 5. The Bertz CT molecular complexity index is 603. The molecule has 3 rings (SSSR count). The van der Waals surface area contributed by atoms with E-state index in [0.717, 1.165) is 26.1 Å². The van der Waals surface area contributed by atoms with Crippen molar-refractivity contribution >= 4 is 29.3 Å². The van der Waals surface area contributed by atoms with E-state index in [1.165, 1.54) is 11.8 Å². The summed E-state index contributed by atoms with van der Waals surface area (Å²) in [7, 11) is 0. The van der Waals surface area contributed by atoms with E-state index in [1.807, 2.05) is 0 Å². The number of alkyl halides is 1. The molecule has 3 heterocycles. The van der Waals surface area contributed by atoms with E-state index >= 15 is 0 Å². The van der Waals surface area contributed by atoms with Crippen LogP contribution in [0.2, 0.25) is 0 Å². The third-order valence-corrected chi connectivity index (χ3v) is 7.55. The first-order chi connectivity index (χ1) is 14.8. The molecule has 0 saturated carbocycles. The first kappa shape index (κ1) is 25.5. The van der Waals surface area contributed by atoms with E-state index in [1.54, 1.807) is 13.2 Å². The minimum Gasteiger partial charge on any atom is -0.388 e. The van der Waals surface area contributed by atoms with E-state index in [4.69, 9.17) is 21.1 Å². The Morgan fingerprint density at radius 1 is 1.32 bits per heavy atom. The molecule has 3 saturated heterocycles. The summed E-state index contributed by atoms with van der Waals surface area (Å²) in [5.41, 5.74) is -0.734. The molecule has 31 heavy (non-hydrogen) atoms. The van der Waals surface area contributed by atoms with Gasteiger partial charge in [0.25, 0.3) is 0 Å². The largest absolute Gasteiger partial charge is 0.388 e. The van der Waals surface area contributed by atoms with Gasteiger partial charge in [-0.3, -0.25) is 4.79 Å². The zero-order chi connectivity index (χ0) is 22.7. The van der Waals surface area contributed by atoms with Gasteiger partial charge in [-0.25, -0.2) is 0 Å². The van der Waals surface area contributed by atoms with Crippen LogP contribution in [0.25, 0.3) is 0 Å². The molecule has 0 aromatic heterocycles. The maximum absolute atomic E-state index is 13.2. The Morgan fingerprint density at radius 3 is 2.71 bits per heavy atom. The molecule has 1 amide bonds. The lowest BCUT2D eigenvalue weighted by atomic mass is 9.92. The van der Waals surface area contributed by atoms with Crippen molar-refractivity contribution in [2.24, 2.45) is 5.92 Å². The topological polar surface area (TPSA) is 124 Å². The number of nitrogens with zero attached hydrogens (tertiary/aromatic N) is 1. The number of halogens is 1. The summed E-state index contributed by atoms with van der Waals surface area (Å²) in [5.74, 6) is -0.0582. The fourth-order valence-electron chi connectivity index (χ4n) is 4.76. The molecule has 10 atom stereocenters. The van der Waals surface area contributed by atoms with Gasteiger partial charge in [-0.1, -0.05) is 6.92 Å². The lowest BCUT2D eigenvalue weighted by Crippen LogP contribution is -2.65. The molecule has 5 N–H and O–H groups in total. The molecule has 9 nitrogen and oxygen atoms in total. The molecule has 0 radical (unpaired) electrons. The molecule has 0 aromatic rings. The third kappa shape index (κ3) is 5.67. The monoisotopic (exact) mass is 481 g/mol. The van der Waals surface area contributed by atoms with Gasteiger partial charge in [-0.2, -0.15) is 0 Å². The summed E-state index contributed by atoms with van der Waals surface area (Å²) < 4.78 is 11.9. The Balaban J connectivity index is 1.68. The molecule has 0 bridgehead atoms. The highest BCUT2D eigenvalue weighted by molar-refractivity contribution is 7.99. The molecular weight excluding hydrogens is 446 g/mol. The number of carbonyl (C=O) groups excluding carboxylic acids is 1. The van der Waals surface area contributed by atoms with Crippen molar-refractivity contribution in [1.82, 2.24) is 15.5 Å². The average molecular weight is 482 g/mol. The van der Waals surface area contributed by atoms with Crippen molar-refractivity contribution in [2.75, 3.05) is 39.0 Å². The van der Waals surface area contributed by atoms with Gasteiger partial charge in [0.2, 0.25) is 5.91 Å². The molecule has 0 aliphatic carbocycles. The smallest absolute Gasteiger partial charge is 0.240 e. The van der Waals surface area contributed by atoms with Crippen LogP contribution in [0.5, 0.6) is 0 Å². The van der Waals surface area contributed by atoms with Crippen molar-refractivity contribution in [3.05, 3.63) is 0 Å². The zero-order valence-electron chi connectivity index (χ0n) is 18.3. The average Bonchev–Trinajstić information content (AvgIpc) is 3.02. The van der Waals surface area contributed by atoms with E-state index in [0.29, 0.717) is 13.2 Å². The molecule has 180 valence electrons. The molecule has 3 fully saturated rings. The van der Waals surface area contributed by atoms with Crippen molar-refractivity contribution in [3.63, 3.8) is 0 Å². The minimum absolute atomic E-state index is 0.214. The lowest BCUT2D eigenvalue weighted by Gasteiger charge is -2.44. The summed E-state index contributed by atoms with van der Waals surface area (Å²) in [5, 5.41) is 36.5. The quantitative estimate of drug-likeness (QED) is 0.290. The van der Waals surface area contributed by atoms with Crippen LogP contribution in [0.3, 0.4) is 0 Å². The number of nitrogens with one attached hydrogen (secondary N) is 2. The van der Waals surface area contributed by atoms with Gasteiger partial charge in [0.15, 0.2) is 0 Å². The maximum atomic E-state index is 13.2. The number of aliphatic hydroxyl groups excluding tert-OH is 3. The summed E-state index contributed by atoms with van der Waals surface area (Å²) in [4.78, 5) is 15.6. The van der Waals surface area contributed by atoms with Crippen LogP contribution < -0.4 is 10.6 Å². The molecule has 2 unspecified atom stereocenters. The number of fused-ring (bicyclic) bond motifs is 1. The van der Waals surface area contributed by atoms with E-state index < -0.39 is 47.3 Å². The number of amides is 1. The predicted octanol–water partition coefficient (Wildman–Crippen LogP) is -1.03. The van der Waals surface area contributed by atoms with Crippen molar-refractivity contribution in [2.45, 2.75) is 73.7 Å². The molecular formula is C20H36ClN3O6S. The predicted molar refractivity (Wildman–Crippen MR) is 119 cm³/mol. The fraction of sp³-hybridized carbons (Fsp3) is 0.950. The van der Waals surface area contributed by atoms with Crippen molar-refractivity contribution in [3.8, 4) is 0 Å². The van der Waals surface area contributed by atoms with Crippen LogP contribution in [-0.2, 0) is 14.3 Å². The number of carbonyl (C=O) groups is 1. The highest BCUT2D eigenvalue weighted by Crippen LogP contribution is 2.30. The summed E-state index contributed by atoms with van der Waals surface area (Å²) in [6, 6.07) is -1.29. The van der Waals surface area contributed by atoms with Gasteiger partial charge in [0.05, 0.1) is 24.1 Å². The first-order valence-electron chi connectivity index (χ1n) is 11.0. The number of hydrogen-bond acceptors (Lipinski definition) is 9. The van der Waals surface area contributed by atoms with Crippen LogP contribution in [-0.4, -0.2) is 119 Å². The zero-order valence-corrected chi connectivity index (χ0v) is 19.9. The van der Waals surface area contributed by atoms with Gasteiger partial charge in [0, 0.05) is 25.6 Å². The van der Waals surface area contributed by atoms with Crippen LogP contribution in [0, 0.1) is 5.92 Å². The number of rotatable bonds is 7. The Labute approximate surface area is 193 Å². The highest BCUT2D eigenvalue weighted by Gasteiger charge is 2.49. The van der Waals surface area contributed by atoms with Crippen molar-refractivity contribution < 1.29 is 29.6 Å². The van der Waals surface area contributed by atoms with E-state index in [9.17, 15) is 20.1 Å². The van der Waals surface area contributed by atoms with E-state index in [2.05, 4.69) is 22.5 Å². The SMILES string of the molecule is CCCN1CCO[C@@H]2[C@H](CN[C@@H]2C(=O)N[C@@H]([C@H]2OC(SC)[C@H](O)C(O)[C@@H]2O)[C@H](C)Cl)C1. The summed E-state index contributed by atoms with van der Waals surface area (Å²) >= 11 is 7.59. The normalized spacial score (nSPS) is 41.3. The van der Waals surface area contributed by atoms with Gasteiger partial charge in [-0.15, -0.1) is 23.4 Å². The molecule has 0 spiro atoms. The minimum atomic E-state index is -1.39. The number of ether oxygens (including phenoxy) is 2. The van der Waals surface area contributed by atoms with Crippen LogP contribution in [0.1, 0.15) is 20.3 Å². The standard InChI is InChI=1S/C20H36ClN3O6S/c1-4-5-24-6-7-29-17-11(9-24)8-22-13(17)19(28)23-12(10(2)21)18-15(26)14(25)16(27)20(30-18)31-3/h10-18,20,22,25-27H,4-9H2,1-3H3,(H,23,28)/t10-,11+,12+,13-,14?,15-,16+,17+,18+,20?/m0/s1. The molecule has 11 heteroatoms. The molecule has 0 aromatic carbocycles. The third-order valence-electron chi connectivity index (χ3n) is 6.42. The first-order valence-corrected chi connectivity index (χ1v) is 12.7. The second-order valence-electron chi connectivity index (χ2n) is 8.67. The second-order valence-corrected chi connectivity index (χ2v) is 10.3. The van der Waals surface area contributed by atoms with E-state index in [-0.39, 0.29) is 17.9 Å². The Hall–Kier alpha value is -0.170. The van der Waals surface area contributed by atoms with Gasteiger partial charge < -0.3 is 40.3 Å². The molecule has 3 aliphatic heterocycles. The van der Waals surface area contributed by atoms with Gasteiger partial charge in [-0.05, 0) is 26.1 Å². The number of thioether (sulfide) groups is 1. The van der Waals surface area contributed by atoms with Gasteiger partial charge in [0.1, 0.15) is 35.9 Å². The van der Waals surface area contributed by atoms with Crippen LogP contribution >= 0.6 is 23.4 Å². The Kier molecular flexibility index (Phi) is 9.28. The Morgan fingerprint density at radius 2 is 2.06 bits per heavy atom. The second kappa shape index (κ2) is 11.3.